The van der Waals surface area contributed by atoms with E-state index in [9.17, 15) is 9.59 Å². The normalized spacial score (nSPS) is 11.0. The molecule has 0 radical (unpaired) electrons. The predicted molar refractivity (Wildman–Crippen MR) is 192 cm³/mol. The highest BCUT2D eigenvalue weighted by molar-refractivity contribution is 6.02. The van der Waals surface area contributed by atoms with Crippen molar-refractivity contribution in [2.45, 2.75) is 46.6 Å². The summed E-state index contributed by atoms with van der Waals surface area (Å²) in [6, 6.07) is 13.9. The number of likely N-dealkylation sites (N-methyl/N-ethyl adjacent to an activating group) is 2. The molecular formula is C36H49N7O4. The summed E-state index contributed by atoms with van der Waals surface area (Å²) >= 11 is 0. The molecule has 0 saturated heterocycles. The lowest BCUT2D eigenvalue weighted by Gasteiger charge is -2.26. The predicted octanol–water partition coefficient (Wildman–Crippen LogP) is 6.64. The van der Waals surface area contributed by atoms with Crippen LogP contribution < -0.4 is 20.3 Å². The van der Waals surface area contributed by atoms with Crippen LogP contribution in [-0.2, 0) is 21.4 Å². The Bertz CT molecular complexity index is 1680. The number of benzene rings is 2. The van der Waals surface area contributed by atoms with Crippen molar-refractivity contribution in [3.8, 4) is 17.0 Å². The van der Waals surface area contributed by atoms with Crippen molar-refractivity contribution in [3.63, 3.8) is 0 Å². The fourth-order valence-electron chi connectivity index (χ4n) is 5.04. The lowest BCUT2D eigenvalue weighted by molar-refractivity contribution is -0.151. The van der Waals surface area contributed by atoms with Crippen LogP contribution in [0.5, 0.6) is 5.75 Å². The molecule has 0 aliphatic rings. The minimum atomic E-state index is -0.328. The molecule has 0 fully saturated rings. The minimum Gasteiger partial charge on any atom is -0.494 e. The number of nitrogens with one attached hydrogen (secondary N) is 2. The number of anilines is 4. The van der Waals surface area contributed by atoms with Crippen LogP contribution in [-0.4, -0.2) is 77.8 Å². The van der Waals surface area contributed by atoms with Gasteiger partial charge in [0, 0.05) is 69.0 Å². The van der Waals surface area contributed by atoms with Gasteiger partial charge in [0.15, 0.2) is 0 Å². The third-order valence-corrected chi connectivity index (χ3v) is 7.12. The van der Waals surface area contributed by atoms with E-state index >= 15 is 0 Å². The standard InChI is InChI=1S/C30H37N7O2.C6H12O2/c1-7-15-35(3)16-17-36(4)27-19-28(39-6)25(18-24(27)32-29(38)8-2)34-30-31-14-13-23(33-30)22-20-37(5)26-12-10-9-11-21(22)26;1-5(7)8-6(2,3)4/h8-14,18-20H,2,7,15-17H2,1,3-6H3,(H,32,38)(H,31,33,34);1-4H3. The van der Waals surface area contributed by atoms with Gasteiger partial charge >= 0.3 is 5.97 Å². The fourth-order valence-corrected chi connectivity index (χ4v) is 5.04. The molecule has 4 aromatic rings. The third kappa shape index (κ3) is 10.6. The zero-order valence-corrected chi connectivity index (χ0v) is 29.2. The number of amides is 1. The van der Waals surface area contributed by atoms with Crippen LogP contribution in [0.15, 0.2) is 67.5 Å². The van der Waals surface area contributed by atoms with Crippen LogP contribution in [0.4, 0.5) is 23.0 Å². The summed E-state index contributed by atoms with van der Waals surface area (Å²) < 4.78 is 12.6. The van der Waals surface area contributed by atoms with Crippen LogP contribution in [0.2, 0.25) is 0 Å². The molecule has 2 aromatic carbocycles. The van der Waals surface area contributed by atoms with Gasteiger partial charge in [-0.2, -0.15) is 0 Å². The highest BCUT2D eigenvalue weighted by Crippen LogP contribution is 2.38. The smallest absolute Gasteiger partial charge is 0.303 e. The Hall–Kier alpha value is -4.90. The first-order chi connectivity index (χ1) is 22.3. The first-order valence-electron chi connectivity index (χ1n) is 15.7. The highest BCUT2D eigenvalue weighted by Gasteiger charge is 2.18. The topological polar surface area (TPSA) is 114 Å². The molecule has 0 saturated carbocycles. The second-order valence-electron chi connectivity index (χ2n) is 12.3. The molecule has 11 heteroatoms. The molecule has 2 aromatic heterocycles. The maximum Gasteiger partial charge on any atom is 0.303 e. The molecule has 0 unspecified atom stereocenters. The monoisotopic (exact) mass is 643 g/mol. The molecule has 2 heterocycles. The van der Waals surface area contributed by atoms with Crippen LogP contribution in [0.1, 0.15) is 41.0 Å². The van der Waals surface area contributed by atoms with Gasteiger partial charge in [-0.15, -0.1) is 0 Å². The van der Waals surface area contributed by atoms with Gasteiger partial charge in [-0.1, -0.05) is 31.7 Å². The van der Waals surface area contributed by atoms with Gasteiger partial charge in [-0.25, -0.2) is 9.97 Å². The molecule has 252 valence electrons. The Balaban J connectivity index is 0.000000665. The van der Waals surface area contributed by atoms with Crippen molar-refractivity contribution in [2.24, 2.45) is 7.05 Å². The molecule has 4 rings (SSSR count). The van der Waals surface area contributed by atoms with Gasteiger partial charge in [-0.05, 0) is 65.1 Å². The second-order valence-corrected chi connectivity index (χ2v) is 12.3. The number of aromatic nitrogens is 3. The molecule has 11 nitrogen and oxygen atoms in total. The molecule has 1 amide bonds. The van der Waals surface area contributed by atoms with E-state index in [4.69, 9.17) is 14.5 Å². The number of esters is 1. The van der Waals surface area contributed by atoms with Crippen molar-refractivity contribution in [3.05, 3.63) is 67.5 Å². The van der Waals surface area contributed by atoms with E-state index in [0.29, 0.717) is 23.1 Å². The minimum absolute atomic E-state index is 0.225. The number of para-hydroxylation sites is 1. The average molecular weight is 644 g/mol. The second kappa shape index (κ2) is 16.6. The van der Waals surface area contributed by atoms with Crippen molar-refractivity contribution < 1.29 is 19.1 Å². The van der Waals surface area contributed by atoms with Crippen molar-refractivity contribution in [1.82, 2.24) is 19.4 Å². The highest BCUT2D eigenvalue weighted by atomic mass is 16.6. The van der Waals surface area contributed by atoms with Gasteiger partial charge < -0.3 is 34.5 Å². The number of hydrogen-bond acceptors (Lipinski definition) is 9. The molecule has 0 bridgehead atoms. The van der Waals surface area contributed by atoms with Crippen LogP contribution >= 0.6 is 0 Å². The van der Waals surface area contributed by atoms with Crippen molar-refractivity contribution in [1.29, 1.82) is 0 Å². The van der Waals surface area contributed by atoms with Crippen LogP contribution in [0, 0.1) is 0 Å². The van der Waals surface area contributed by atoms with Gasteiger partial charge in [0.25, 0.3) is 0 Å². The van der Waals surface area contributed by atoms with Gasteiger partial charge in [0.2, 0.25) is 11.9 Å². The number of carbonyl (C=O) groups excluding carboxylic acids is 2. The van der Waals surface area contributed by atoms with Gasteiger partial charge in [0.1, 0.15) is 11.4 Å². The van der Waals surface area contributed by atoms with Crippen molar-refractivity contribution in [2.75, 3.05) is 56.4 Å². The molecule has 0 aliphatic carbocycles. The van der Waals surface area contributed by atoms with E-state index in [1.54, 1.807) is 13.3 Å². The summed E-state index contributed by atoms with van der Waals surface area (Å²) in [7, 11) is 7.75. The Morgan fingerprint density at radius 3 is 2.40 bits per heavy atom. The molecule has 0 atom stereocenters. The van der Waals surface area contributed by atoms with Crippen LogP contribution in [0.3, 0.4) is 0 Å². The number of methoxy groups -OCH3 is 1. The number of hydrogen-bond donors (Lipinski definition) is 2. The number of nitrogens with zero attached hydrogens (tertiary/aromatic N) is 5. The molecule has 47 heavy (non-hydrogen) atoms. The number of rotatable bonds is 12. The zero-order chi connectivity index (χ0) is 34.7. The molecule has 0 aliphatic heterocycles. The Labute approximate surface area is 278 Å². The Morgan fingerprint density at radius 1 is 1.06 bits per heavy atom. The summed E-state index contributed by atoms with van der Waals surface area (Å²) in [4.78, 5) is 36.2. The van der Waals surface area contributed by atoms with E-state index in [1.807, 2.05) is 65.2 Å². The third-order valence-electron chi connectivity index (χ3n) is 7.12. The largest absolute Gasteiger partial charge is 0.494 e. The quantitative estimate of drug-likeness (QED) is 0.130. The molecule has 0 spiro atoms. The van der Waals surface area contributed by atoms with E-state index in [0.717, 1.165) is 53.9 Å². The first-order valence-corrected chi connectivity index (χ1v) is 15.7. The summed E-state index contributed by atoms with van der Waals surface area (Å²) in [6.07, 6.45) is 6.16. The maximum absolute atomic E-state index is 12.3. The average Bonchev–Trinajstić information content (AvgIpc) is 3.35. The van der Waals surface area contributed by atoms with Crippen molar-refractivity contribution >= 4 is 45.8 Å². The van der Waals surface area contributed by atoms with E-state index in [-0.39, 0.29) is 17.5 Å². The zero-order valence-electron chi connectivity index (χ0n) is 29.2. The lowest BCUT2D eigenvalue weighted by atomic mass is 10.1. The first kappa shape index (κ1) is 36.6. The number of carbonyl (C=O) groups is 2. The fraction of sp³-hybridized carbons (Fsp3) is 0.389. The molecule has 2 N–H and O–H groups in total. The van der Waals surface area contributed by atoms with Gasteiger partial charge in [-0.3, -0.25) is 9.59 Å². The summed E-state index contributed by atoms with van der Waals surface area (Å²) in [5.74, 6) is 0.507. The maximum atomic E-state index is 12.3. The lowest BCUT2D eigenvalue weighted by Crippen LogP contribution is -2.31. The SMILES string of the molecule is C=CC(=O)Nc1cc(Nc2nccc(-c3cn(C)c4ccccc34)n2)c(OC)cc1N(C)CCN(C)CCC.CC(=O)OC(C)(C)C. The number of aryl methyl sites for hydroxylation is 1. The van der Waals surface area contributed by atoms with E-state index in [1.165, 1.54) is 13.0 Å². The summed E-state index contributed by atoms with van der Waals surface area (Å²) in [5, 5.41) is 7.35. The van der Waals surface area contributed by atoms with E-state index in [2.05, 4.69) is 68.9 Å². The number of ether oxygens (including phenoxy) is 2. The summed E-state index contributed by atoms with van der Waals surface area (Å²) in [5.41, 5.74) is 4.73. The van der Waals surface area contributed by atoms with Gasteiger partial charge in [0.05, 0.1) is 29.9 Å². The Kier molecular flexibility index (Phi) is 12.9. The number of fused-ring (bicyclic) bond motifs is 1. The molecular weight excluding hydrogens is 594 g/mol. The van der Waals surface area contributed by atoms with E-state index < -0.39 is 0 Å². The summed E-state index contributed by atoms with van der Waals surface area (Å²) in [6.45, 7) is 15.4. The van der Waals surface area contributed by atoms with Crippen LogP contribution in [0.25, 0.3) is 22.2 Å². The Morgan fingerprint density at radius 2 is 1.79 bits per heavy atom.